The van der Waals surface area contributed by atoms with Crippen molar-refractivity contribution in [1.82, 2.24) is 25.1 Å². The molecular weight excluding hydrogens is 302 g/mol. The van der Waals surface area contributed by atoms with Crippen LogP contribution in [0.15, 0.2) is 54.9 Å². The van der Waals surface area contributed by atoms with E-state index in [4.69, 9.17) is 0 Å². The lowest BCUT2D eigenvalue weighted by Gasteiger charge is -2.19. The summed E-state index contributed by atoms with van der Waals surface area (Å²) in [5, 5.41) is 11.1. The maximum absolute atomic E-state index is 12.8. The molecule has 0 saturated carbocycles. The summed E-state index contributed by atoms with van der Waals surface area (Å²) in [6.45, 7) is 2.67. The highest BCUT2D eigenvalue weighted by atomic mass is 16.2. The van der Waals surface area contributed by atoms with Crippen molar-refractivity contribution < 1.29 is 4.79 Å². The summed E-state index contributed by atoms with van der Waals surface area (Å²) in [4.78, 5) is 14.5. The Bertz CT molecular complexity index is 812. The fourth-order valence-corrected chi connectivity index (χ4v) is 2.56. The highest BCUT2D eigenvalue weighted by Crippen LogP contribution is 2.16. The van der Waals surface area contributed by atoms with Gasteiger partial charge in [-0.2, -0.15) is 4.68 Å². The van der Waals surface area contributed by atoms with Crippen molar-refractivity contribution in [3.8, 4) is 5.69 Å². The average molecular weight is 321 g/mol. The molecule has 0 radical (unpaired) electrons. The molecule has 122 valence electrons. The lowest BCUT2D eigenvalue weighted by atomic mass is 10.1. The fourth-order valence-electron chi connectivity index (χ4n) is 2.56. The molecule has 24 heavy (non-hydrogen) atoms. The van der Waals surface area contributed by atoms with E-state index in [1.807, 2.05) is 18.2 Å². The molecule has 1 aromatic heterocycles. The number of rotatable bonds is 5. The molecule has 6 nitrogen and oxygen atoms in total. The molecule has 0 N–H and O–H groups in total. The second kappa shape index (κ2) is 7.04. The van der Waals surface area contributed by atoms with Gasteiger partial charge in [0.05, 0.1) is 11.3 Å². The third-order valence-electron chi connectivity index (χ3n) is 3.93. The van der Waals surface area contributed by atoms with Gasteiger partial charge in [-0.1, -0.05) is 43.3 Å². The minimum atomic E-state index is -0.0688. The maximum atomic E-state index is 12.8. The third kappa shape index (κ3) is 3.32. The van der Waals surface area contributed by atoms with Crippen LogP contribution in [-0.4, -0.2) is 38.1 Å². The van der Waals surface area contributed by atoms with Crippen LogP contribution in [0.4, 0.5) is 0 Å². The monoisotopic (exact) mass is 321 g/mol. The molecule has 2 aromatic carbocycles. The van der Waals surface area contributed by atoms with Gasteiger partial charge in [0.1, 0.15) is 6.33 Å². The highest BCUT2D eigenvalue weighted by Gasteiger charge is 2.17. The van der Waals surface area contributed by atoms with Gasteiger partial charge in [-0.15, -0.1) is 5.10 Å². The molecule has 0 atom stereocenters. The quantitative estimate of drug-likeness (QED) is 0.724. The Balaban J connectivity index is 1.81. The van der Waals surface area contributed by atoms with Crippen molar-refractivity contribution in [2.75, 3.05) is 7.05 Å². The molecule has 0 fully saturated rings. The third-order valence-corrected chi connectivity index (χ3v) is 3.93. The summed E-state index contributed by atoms with van der Waals surface area (Å²) in [5.41, 5.74) is 3.62. The number of carbonyl (C=O) groups is 1. The molecule has 3 aromatic rings. The van der Waals surface area contributed by atoms with Gasteiger partial charge in [-0.3, -0.25) is 4.79 Å². The molecular formula is C18H19N5O. The number of amides is 1. The molecule has 0 saturated heterocycles. The molecule has 0 bridgehead atoms. The van der Waals surface area contributed by atoms with Crippen LogP contribution in [0.2, 0.25) is 0 Å². The zero-order valence-corrected chi connectivity index (χ0v) is 13.8. The molecule has 0 aliphatic rings. The summed E-state index contributed by atoms with van der Waals surface area (Å²) in [5.74, 6) is -0.0688. The van der Waals surface area contributed by atoms with Gasteiger partial charge in [0.25, 0.3) is 5.91 Å². The van der Waals surface area contributed by atoms with Gasteiger partial charge in [0.2, 0.25) is 0 Å². The Labute approximate surface area is 140 Å². The predicted molar refractivity (Wildman–Crippen MR) is 90.8 cm³/mol. The molecule has 0 aliphatic carbocycles. The summed E-state index contributed by atoms with van der Waals surface area (Å²) >= 11 is 0. The van der Waals surface area contributed by atoms with E-state index in [1.54, 1.807) is 18.0 Å². The summed E-state index contributed by atoms with van der Waals surface area (Å²) < 4.78 is 1.50. The molecule has 3 rings (SSSR count). The number of aromatic nitrogens is 4. The van der Waals surface area contributed by atoms with E-state index in [0.29, 0.717) is 17.8 Å². The van der Waals surface area contributed by atoms with Crippen LogP contribution in [0.3, 0.4) is 0 Å². The van der Waals surface area contributed by atoms with Crippen molar-refractivity contribution in [1.29, 1.82) is 0 Å². The Kier molecular flexibility index (Phi) is 4.65. The van der Waals surface area contributed by atoms with Crippen molar-refractivity contribution in [2.24, 2.45) is 0 Å². The van der Waals surface area contributed by atoms with Crippen molar-refractivity contribution in [2.45, 2.75) is 19.9 Å². The lowest BCUT2D eigenvalue weighted by Crippen LogP contribution is -2.27. The summed E-state index contributed by atoms with van der Waals surface area (Å²) in [6, 6.07) is 15.6. The molecule has 0 aliphatic heterocycles. The SMILES string of the molecule is CCc1ccc(CN(C)C(=O)c2ccccc2-n2cnnn2)cc1. The number of para-hydroxylation sites is 1. The first-order valence-corrected chi connectivity index (χ1v) is 7.84. The van der Waals surface area contributed by atoms with Crippen LogP contribution in [0.1, 0.15) is 28.4 Å². The first kappa shape index (κ1) is 15.9. The van der Waals surface area contributed by atoms with E-state index in [-0.39, 0.29) is 5.91 Å². The Hall–Kier alpha value is -3.02. The Morgan fingerprint density at radius 1 is 1.08 bits per heavy atom. The largest absolute Gasteiger partial charge is 0.337 e. The minimum absolute atomic E-state index is 0.0688. The van der Waals surface area contributed by atoms with Crippen LogP contribution in [-0.2, 0) is 13.0 Å². The van der Waals surface area contributed by atoms with Gasteiger partial charge >= 0.3 is 0 Å². The second-order valence-electron chi connectivity index (χ2n) is 5.60. The van der Waals surface area contributed by atoms with E-state index >= 15 is 0 Å². The smallest absolute Gasteiger partial charge is 0.256 e. The first-order valence-electron chi connectivity index (χ1n) is 7.84. The number of carbonyl (C=O) groups excluding carboxylic acids is 1. The molecule has 1 amide bonds. The van der Waals surface area contributed by atoms with Crippen molar-refractivity contribution in [3.05, 3.63) is 71.5 Å². The molecule has 0 unspecified atom stereocenters. The molecule has 6 heteroatoms. The van der Waals surface area contributed by atoms with Crippen LogP contribution < -0.4 is 0 Å². The first-order chi connectivity index (χ1) is 11.7. The van der Waals surface area contributed by atoms with E-state index in [1.165, 1.54) is 16.6 Å². The van der Waals surface area contributed by atoms with Crippen LogP contribution in [0.25, 0.3) is 5.69 Å². The zero-order valence-electron chi connectivity index (χ0n) is 13.8. The van der Waals surface area contributed by atoms with E-state index in [2.05, 4.69) is 46.7 Å². The van der Waals surface area contributed by atoms with Crippen molar-refractivity contribution >= 4 is 5.91 Å². The van der Waals surface area contributed by atoms with Gasteiger partial charge in [-0.25, -0.2) is 0 Å². The molecule has 0 spiro atoms. The Morgan fingerprint density at radius 2 is 1.79 bits per heavy atom. The van der Waals surface area contributed by atoms with Crippen LogP contribution >= 0.6 is 0 Å². The maximum Gasteiger partial charge on any atom is 0.256 e. The van der Waals surface area contributed by atoms with E-state index in [9.17, 15) is 4.79 Å². The van der Waals surface area contributed by atoms with Crippen molar-refractivity contribution in [3.63, 3.8) is 0 Å². The van der Waals surface area contributed by atoms with E-state index in [0.717, 1.165) is 12.0 Å². The Morgan fingerprint density at radius 3 is 2.46 bits per heavy atom. The summed E-state index contributed by atoms with van der Waals surface area (Å²) in [7, 11) is 1.80. The number of aryl methyl sites for hydroxylation is 1. The van der Waals surface area contributed by atoms with Crippen LogP contribution in [0.5, 0.6) is 0 Å². The van der Waals surface area contributed by atoms with Gasteiger partial charge in [-0.05, 0) is 40.1 Å². The minimum Gasteiger partial charge on any atom is -0.337 e. The fraction of sp³-hybridized carbons (Fsp3) is 0.222. The lowest BCUT2D eigenvalue weighted by molar-refractivity contribution is 0.0785. The highest BCUT2D eigenvalue weighted by molar-refractivity contribution is 5.97. The number of benzene rings is 2. The van der Waals surface area contributed by atoms with Crippen LogP contribution in [0, 0.1) is 0 Å². The molecule has 1 heterocycles. The number of nitrogens with zero attached hydrogens (tertiary/aromatic N) is 5. The topological polar surface area (TPSA) is 63.9 Å². The number of hydrogen-bond donors (Lipinski definition) is 0. The van der Waals surface area contributed by atoms with Gasteiger partial charge in [0, 0.05) is 13.6 Å². The predicted octanol–water partition coefficient (Wildman–Crippen LogP) is 2.50. The van der Waals surface area contributed by atoms with Gasteiger partial charge in [0.15, 0.2) is 0 Å². The second-order valence-corrected chi connectivity index (χ2v) is 5.60. The standard InChI is InChI=1S/C18H19N5O/c1-3-14-8-10-15(11-9-14)12-22(2)18(24)16-6-4-5-7-17(16)23-13-19-20-21-23/h4-11,13H,3,12H2,1-2H3. The summed E-state index contributed by atoms with van der Waals surface area (Å²) in [6.07, 6.45) is 2.49. The normalized spacial score (nSPS) is 10.6. The number of tetrazole rings is 1. The van der Waals surface area contributed by atoms with Gasteiger partial charge < -0.3 is 4.90 Å². The zero-order chi connectivity index (χ0) is 16.9. The van der Waals surface area contributed by atoms with E-state index < -0.39 is 0 Å². The number of hydrogen-bond acceptors (Lipinski definition) is 4. The average Bonchev–Trinajstić information content (AvgIpc) is 3.16.